The molecule has 1 aliphatic rings. The van der Waals surface area contributed by atoms with Crippen LogP contribution in [0.5, 0.6) is 11.5 Å². The second-order valence-corrected chi connectivity index (χ2v) is 5.88. The molecular weight excluding hydrogens is 316 g/mol. The molecule has 2 atom stereocenters. The fourth-order valence-corrected chi connectivity index (χ4v) is 2.76. The highest BCUT2D eigenvalue weighted by Crippen LogP contribution is 2.33. The molecule has 1 heterocycles. The van der Waals surface area contributed by atoms with Crippen LogP contribution < -0.4 is 4.74 Å². The zero-order valence-corrected chi connectivity index (χ0v) is 12.9. The summed E-state index contributed by atoms with van der Waals surface area (Å²) in [6.45, 7) is -0.348. The lowest BCUT2D eigenvalue weighted by Crippen LogP contribution is -2.36. The number of hydrogen-bond donors (Lipinski definition) is 1. The average molecular weight is 333 g/mol. The number of carboxylic acids is 1. The van der Waals surface area contributed by atoms with Gasteiger partial charge in [0.05, 0.1) is 0 Å². The van der Waals surface area contributed by atoms with E-state index >= 15 is 0 Å². The number of likely N-dealkylation sites (tertiary alicyclic amines) is 1. The summed E-state index contributed by atoms with van der Waals surface area (Å²) in [4.78, 5) is 12.1. The van der Waals surface area contributed by atoms with Crippen molar-refractivity contribution in [2.24, 2.45) is 0 Å². The first-order valence-corrected chi connectivity index (χ1v) is 7.58. The summed E-state index contributed by atoms with van der Waals surface area (Å²) >= 11 is 0. The maximum absolute atomic E-state index is 14.1. The lowest BCUT2D eigenvalue weighted by Gasteiger charge is -2.19. The van der Waals surface area contributed by atoms with Gasteiger partial charge in [0.1, 0.15) is 11.5 Å². The summed E-state index contributed by atoms with van der Waals surface area (Å²) in [5.41, 5.74) is -1.81. The zero-order chi connectivity index (χ0) is 17.2. The number of ether oxygens (including phenoxy) is 1. The van der Waals surface area contributed by atoms with Crippen LogP contribution in [0.25, 0.3) is 0 Å². The molecule has 2 unspecified atom stereocenters. The lowest BCUT2D eigenvalue weighted by molar-refractivity contribution is -0.150. The van der Waals surface area contributed by atoms with Crippen molar-refractivity contribution in [1.29, 1.82) is 0 Å². The first kappa shape index (κ1) is 16.4. The molecule has 1 N–H and O–H groups in total. The highest BCUT2D eigenvalue weighted by atomic mass is 19.2. The molecule has 126 valence electrons. The van der Waals surface area contributed by atoms with Crippen LogP contribution in [0.3, 0.4) is 0 Å². The number of carboxylic acid groups (broad SMARTS) is 1. The highest BCUT2D eigenvalue weighted by Gasteiger charge is 2.50. The van der Waals surface area contributed by atoms with E-state index in [0.29, 0.717) is 11.5 Å². The summed E-state index contributed by atoms with van der Waals surface area (Å²) in [6.07, 6.45) is -2.27. The largest absolute Gasteiger partial charge is 0.479 e. The second kappa shape index (κ2) is 6.57. The standard InChI is InChI=1S/C18H17F2NO3/c19-16-10-18(20,17(22)23)12-21(16)11-13-5-4-8-15(9-13)24-14-6-2-1-3-7-14/h1-9,16H,10-12H2,(H,22,23). The summed E-state index contributed by atoms with van der Waals surface area (Å²) in [5.74, 6) is -0.361. The predicted molar refractivity (Wildman–Crippen MR) is 84.4 cm³/mol. The molecule has 3 rings (SSSR count). The van der Waals surface area contributed by atoms with Crippen molar-refractivity contribution in [2.75, 3.05) is 6.54 Å². The van der Waals surface area contributed by atoms with Gasteiger partial charge in [0.15, 0.2) is 6.30 Å². The van der Waals surface area contributed by atoms with Gasteiger partial charge in [-0.2, -0.15) is 0 Å². The Morgan fingerprint density at radius 3 is 2.58 bits per heavy atom. The molecule has 0 aliphatic carbocycles. The average Bonchev–Trinajstić information content (AvgIpc) is 2.84. The first-order valence-electron chi connectivity index (χ1n) is 7.58. The van der Waals surface area contributed by atoms with Crippen molar-refractivity contribution in [1.82, 2.24) is 4.90 Å². The Morgan fingerprint density at radius 2 is 1.92 bits per heavy atom. The summed E-state index contributed by atoms with van der Waals surface area (Å²) in [6, 6.07) is 16.2. The minimum atomic E-state index is -2.53. The number of aliphatic carboxylic acids is 1. The molecule has 0 saturated carbocycles. The number of halogens is 2. The molecule has 0 radical (unpaired) electrons. The fraction of sp³-hybridized carbons (Fsp3) is 0.278. The number of hydrogen-bond acceptors (Lipinski definition) is 3. The van der Waals surface area contributed by atoms with Gasteiger partial charge in [0.25, 0.3) is 0 Å². The van der Waals surface area contributed by atoms with Gasteiger partial charge in [-0.05, 0) is 29.8 Å². The monoisotopic (exact) mass is 333 g/mol. The zero-order valence-electron chi connectivity index (χ0n) is 12.9. The maximum atomic E-state index is 14.1. The molecule has 0 spiro atoms. The van der Waals surface area contributed by atoms with E-state index in [4.69, 9.17) is 9.84 Å². The van der Waals surface area contributed by atoms with Crippen molar-refractivity contribution in [3.8, 4) is 11.5 Å². The van der Waals surface area contributed by atoms with Crippen LogP contribution in [0.2, 0.25) is 0 Å². The number of para-hydroxylation sites is 1. The Balaban J connectivity index is 1.70. The topological polar surface area (TPSA) is 49.8 Å². The van der Waals surface area contributed by atoms with Crippen LogP contribution in [0.15, 0.2) is 54.6 Å². The van der Waals surface area contributed by atoms with E-state index < -0.39 is 30.9 Å². The third kappa shape index (κ3) is 3.54. The molecule has 1 fully saturated rings. The Labute approximate surface area is 138 Å². The minimum Gasteiger partial charge on any atom is -0.479 e. The van der Waals surface area contributed by atoms with Gasteiger partial charge >= 0.3 is 5.97 Å². The van der Waals surface area contributed by atoms with Gasteiger partial charge in [0, 0.05) is 19.5 Å². The number of alkyl halides is 2. The fourth-order valence-electron chi connectivity index (χ4n) is 2.76. The molecule has 6 heteroatoms. The number of rotatable bonds is 5. The van der Waals surface area contributed by atoms with Gasteiger partial charge in [-0.15, -0.1) is 0 Å². The van der Waals surface area contributed by atoms with E-state index in [1.54, 1.807) is 24.3 Å². The quantitative estimate of drug-likeness (QED) is 0.846. The van der Waals surface area contributed by atoms with E-state index in [1.165, 1.54) is 4.90 Å². The molecule has 0 aromatic heterocycles. The number of benzene rings is 2. The normalized spacial score (nSPS) is 24.0. The Morgan fingerprint density at radius 1 is 1.21 bits per heavy atom. The van der Waals surface area contributed by atoms with Crippen LogP contribution in [-0.4, -0.2) is 34.5 Å². The second-order valence-electron chi connectivity index (χ2n) is 5.88. The predicted octanol–water partition coefficient (Wildman–Crippen LogP) is 3.77. The third-order valence-electron chi connectivity index (χ3n) is 3.99. The molecule has 2 aromatic rings. The Bertz CT molecular complexity index is 725. The molecule has 24 heavy (non-hydrogen) atoms. The van der Waals surface area contributed by atoms with E-state index in [9.17, 15) is 13.6 Å². The molecule has 0 bridgehead atoms. The highest BCUT2D eigenvalue weighted by molar-refractivity contribution is 5.78. The minimum absolute atomic E-state index is 0.117. The molecule has 0 amide bonds. The van der Waals surface area contributed by atoms with Crippen molar-refractivity contribution in [3.05, 3.63) is 60.2 Å². The van der Waals surface area contributed by atoms with Crippen molar-refractivity contribution >= 4 is 5.97 Å². The maximum Gasteiger partial charge on any atom is 0.342 e. The van der Waals surface area contributed by atoms with Crippen molar-refractivity contribution in [2.45, 2.75) is 24.9 Å². The molecule has 4 nitrogen and oxygen atoms in total. The van der Waals surface area contributed by atoms with E-state index in [0.717, 1.165) is 5.56 Å². The number of nitrogens with zero attached hydrogens (tertiary/aromatic N) is 1. The molecule has 1 aliphatic heterocycles. The van der Waals surface area contributed by atoms with Gasteiger partial charge in [-0.3, -0.25) is 4.90 Å². The Kier molecular flexibility index (Phi) is 4.49. The van der Waals surface area contributed by atoms with Gasteiger partial charge in [-0.25, -0.2) is 13.6 Å². The van der Waals surface area contributed by atoms with E-state index in [2.05, 4.69) is 0 Å². The van der Waals surface area contributed by atoms with Gasteiger partial charge < -0.3 is 9.84 Å². The van der Waals surface area contributed by atoms with Gasteiger partial charge in [-0.1, -0.05) is 30.3 Å². The SMILES string of the molecule is O=C(O)C1(F)CC(F)N(Cc2cccc(Oc3ccccc3)c2)C1. The molecule has 1 saturated heterocycles. The van der Waals surface area contributed by atoms with Gasteiger partial charge in [0.2, 0.25) is 5.67 Å². The van der Waals surface area contributed by atoms with Crippen LogP contribution in [0.4, 0.5) is 8.78 Å². The lowest BCUT2D eigenvalue weighted by atomic mass is 10.1. The van der Waals surface area contributed by atoms with Crippen molar-refractivity contribution in [3.63, 3.8) is 0 Å². The first-order chi connectivity index (χ1) is 11.5. The Hall–Kier alpha value is -2.47. The van der Waals surface area contributed by atoms with Crippen LogP contribution >= 0.6 is 0 Å². The van der Waals surface area contributed by atoms with Crippen LogP contribution in [0, 0.1) is 0 Å². The van der Waals surface area contributed by atoms with Crippen molar-refractivity contribution < 1.29 is 23.4 Å². The summed E-state index contributed by atoms with van der Waals surface area (Å²) in [7, 11) is 0. The third-order valence-corrected chi connectivity index (χ3v) is 3.99. The van der Waals surface area contributed by atoms with E-state index in [-0.39, 0.29) is 6.54 Å². The molecular formula is C18H17F2NO3. The van der Waals surface area contributed by atoms with E-state index in [1.807, 2.05) is 30.3 Å². The molecule has 2 aromatic carbocycles. The summed E-state index contributed by atoms with van der Waals surface area (Å²) < 4.78 is 33.8. The van der Waals surface area contributed by atoms with Crippen LogP contribution in [-0.2, 0) is 11.3 Å². The number of carbonyl (C=O) groups is 1. The smallest absolute Gasteiger partial charge is 0.342 e. The van der Waals surface area contributed by atoms with Crippen LogP contribution in [0.1, 0.15) is 12.0 Å². The summed E-state index contributed by atoms with van der Waals surface area (Å²) in [5, 5.41) is 8.89.